The van der Waals surface area contributed by atoms with E-state index in [1.165, 1.54) is 5.57 Å². The van der Waals surface area contributed by atoms with E-state index in [-0.39, 0.29) is 0 Å². The Hall–Kier alpha value is -0.830. The van der Waals surface area contributed by atoms with Gasteiger partial charge in [0.15, 0.2) is 0 Å². The number of hydrogen-bond acceptors (Lipinski definition) is 2. The second-order valence-electron chi connectivity index (χ2n) is 5.77. The lowest BCUT2D eigenvalue weighted by Gasteiger charge is -2.27. The molecule has 1 rings (SSSR count). The lowest BCUT2D eigenvalue weighted by Crippen LogP contribution is -2.35. The standard InChI is InChI=1S/C15H28N2O/c1-12(2)14(8-9-16)6-7-15(18)17-10-4-5-13(3)11-17/h5,12,14H,4,6-11,16H2,1-3H3. The fourth-order valence-electron chi connectivity index (χ4n) is 2.62. The largest absolute Gasteiger partial charge is 0.338 e. The van der Waals surface area contributed by atoms with Gasteiger partial charge in [-0.2, -0.15) is 0 Å². The monoisotopic (exact) mass is 252 g/mol. The fraction of sp³-hybridized carbons (Fsp3) is 0.800. The molecule has 1 amide bonds. The number of hydrogen-bond donors (Lipinski definition) is 1. The van der Waals surface area contributed by atoms with Crippen molar-refractivity contribution in [1.82, 2.24) is 4.90 Å². The summed E-state index contributed by atoms with van der Waals surface area (Å²) in [5, 5.41) is 0. The summed E-state index contributed by atoms with van der Waals surface area (Å²) in [5.41, 5.74) is 6.95. The van der Waals surface area contributed by atoms with Crippen molar-refractivity contribution in [3.63, 3.8) is 0 Å². The maximum atomic E-state index is 12.1. The van der Waals surface area contributed by atoms with E-state index in [4.69, 9.17) is 5.73 Å². The average Bonchev–Trinajstić information content (AvgIpc) is 2.33. The Bertz CT molecular complexity index is 297. The van der Waals surface area contributed by atoms with Gasteiger partial charge >= 0.3 is 0 Å². The quantitative estimate of drug-likeness (QED) is 0.739. The normalized spacial score (nSPS) is 17.8. The van der Waals surface area contributed by atoms with Crippen LogP contribution in [0.2, 0.25) is 0 Å². The molecule has 0 bridgehead atoms. The van der Waals surface area contributed by atoms with E-state index >= 15 is 0 Å². The van der Waals surface area contributed by atoms with E-state index in [9.17, 15) is 4.79 Å². The maximum absolute atomic E-state index is 12.1. The molecule has 1 atom stereocenters. The molecule has 1 aliphatic heterocycles. The number of nitrogens with two attached hydrogens (primary N) is 1. The molecule has 0 aliphatic carbocycles. The van der Waals surface area contributed by atoms with Gasteiger partial charge in [-0.05, 0) is 44.6 Å². The molecule has 0 saturated heterocycles. The van der Waals surface area contributed by atoms with Crippen LogP contribution in [-0.2, 0) is 4.79 Å². The molecule has 0 spiro atoms. The van der Waals surface area contributed by atoms with E-state index in [1.807, 2.05) is 4.90 Å². The summed E-state index contributed by atoms with van der Waals surface area (Å²) in [6.45, 7) is 8.98. The second kappa shape index (κ2) is 7.57. The molecule has 3 heteroatoms. The van der Waals surface area contributed by atoms with Crippen LogP contribution >= 0.6 is 0 Å². The first-order valence-electron chi connectivity index (χ1n) is 7.18. The van der Waals surface area contributed by atoms with E-state index in [0.717, 1.165) is 38.9 Å². The van der Waals surface area contributed by atoms with Crippen molar-refractivity contribution in [3.05, 3.63) is 11.6 Å². The lowest BCUT2D eigenvalue weighted by atomic mass is 9.88. The van der Waals surface area contributed by atoms with Gasteiger partial charge in [-0.1, -0.05) is 25.5 Å². The summed E-state index contributed by atoms with van der Waals surface area (Å²) in [6.07, 6.45) is 5.93. The first-order valence-corrected chi connectivity index (χ1v) is 7.18. The number of carbonyl (C=O) groups is 1. The molecular formula is C15H28N2O. The number of rotatable bonds is 6. The van der Waals surface area contributed by atoms with Crippen LogP contribution < -0.4 is 5.73 Å². The first kappa shape index (κ1) is 15.2. The minimum Gasteiger partial charge on any atom is -0.338 e. The van der Waals surface area contributed by atoms with Crippen LogP contribution in [0, 0.1) is 11.8 Å². The van der Waals surface area contributed by atoms with Crippen LogP contribution in [0.15, 0.2) is 11.6 Å². The lowest BCUT2D eigenvalue weighted by molar-refractivity contribution is -0.131. The third-order valence-corrected chi connectivity index (χ3v) is 3.89. The first-order chi connectivity index (χ1) is 8.54. The molecule has 3 nitrogen and oxygen atoms in total. The summed E-state index contributed by atoms with van der Waals surface area (Å²) in [6, 6.07) is 0. The average molecular weight is 252 g/mol. The van der Waals surface area contributed by atoms with Gasteiger partial charge in [0.2, 0.25) is 5.91 Å². The van der Waals surface area contributed by atoms with Gasteiger partial charge in [0.05, 0.1) is 0 Å². The van der Waals surface area contributed by atoms with Gasteiger partial charge in [-0.15, -0.1) is 0 Å². The van der Waals surface area contributed by atoms with E-state index < -0.39 is 0 Å². The molecule has 1 aliphatic rings. The number of amides is 1. The molecule has 0 saturated carbocycles. The minimum atomic E-state index is 0.310. The highest BCUT2D eigenvalue weighted by atomic mass is 16.2. The fourth-order valence-corrected chi connectivity index (χ4v) is 2.62. The zero-order chi connectivity index (χ0) is 13.5. The molecule has 18 heavy (non-hydrogen) atoms. The maximum Gasteiger partial charge on any atom is 0.222 e. The zero-order valence-corrected chi connectivity index (χ0v) is 12.1. The van der Waals surface area contributed by atoms with Gasteiger partial charge in [-0.3, -0.25) is 4.79 Å². The SMILES string of the molecule is CC1=CCCN(C(=O)CCC(CCN)C(C)C)C1. The van der Waals surface area contributed by atoms with Crippen molar-refractivity contribution in [3.8, 4) is 0 Å². The van der Waals surface area contributed by atoms with E-state index in [2.05, 4.69) is 26.8 Å². The Morgan fingerprint density at radius 3 is 2.72 bits per heavy atom. The van der Waals surface area contributed by atoms with E-state index in [1.54, 1.807) is 0 Å². The predicted molar refractivity (Wildman–Crippen MR) is 76.2 cm³/mol. The minimum absolute atomic E-state index is 0.310. The molecule has 0 aromatic carbocycles. The third-order valence-electron chi connectivity index (χ3n) is 3.89. The Labute approximate surface area is 111 Å². The molecular weight excluding hydrogens is 224 g/mol. The van der Waals surface area contributed by atoms with Crippen LogP contribution in [0.3, 0.4) is 0 Å². The highest BCUT2D eigenvalue weighted by Gasteiger charge is 2.19. The van der Waals surface area contributed by atoms with Crippen LogP contribution in [0.1, 0.15) is 46.5 Å². The highest BCUT2D eigenvalue weighted by Crippen LogP contribution is 2.21. The Kier molecular flexibility index (Phi) is 6.41. The molecule has 2 N–H and O–H groups in total. The van der Waals surface area contributed by atoms with Gasteiger partial charge in [-0.25, -0.2) is 0 Å². The Balaban J connectivity index is 2.37. The summed E-state index contributed by atoms with van der Waals surface area (Å²) >= 11 is 0. The molecule has 1 unspecified atom stereocenters. The van der Waals surface area contributed by atoms with Crippen molar-refractivity contribution in [2.24, 2.45) is 17.6 Å². The van der Waals surface area contributed by atoms with Gasteiger partial charge < -0.3 is 10.6 Å². The second-order valence-corrected chi connectivity index (χ2v) is 5.77. The smallest absolute Gasteiger partial charge is 0.222 e. The summed E-state index contributed by atoms with van der Waals surface area (Å²) in [4.78, 5) is 14.1. The zero-order valence-electron chi connectivity index (χ0n) is 12.1. The van der Waals surface area contributed by atoms with E-state index in [0.29, 0.717) is 24.2 Å². The van der Waals surface area contributed by atoms with Gasteiger partial charge in [0.25, 0.3) is 0 Å². The van der Waals surface area contributed by atoms with Crippen molar-refractivity contribution in [2.45, 2.75) is 46.5 Å². The predicted octanol–water partition coefficient (Wildman–Crippen LogP) is 2.57. The summed E-state index contributed by atoms with van der Waals surface area (Å²) < 4.78 is 0. The number of nitrogens with zero attached hydrogens (tertiary/aromatic N) is 1. The van der Waals surface area contributed by atoms with Crippen LogP contribution in [0.25, 0.3) is 0 Å². The molecule has 0 fully saturated rings. The van der Waals surface area contributed by atoms with Gasteiger partial charge in [0.1, 0.15) is 0 Å². The number of carbonyl (C=O) groups excluding carboxylic acids is 1. The van der Waals surface area contributed by atoms with Crippen molar-refractivity contribution < 1.29 is 4.79 Å². The Morgan fingerprint density at radius 1 is 1.44 bits per heavy atom. The van der Waals surface area contributed by atoms with Crippen LogP contribution in [0.5, 0.6) is 0 Å². The molecule has 1 heterocycles. The van der Waals surface area contributed by atoms with Gasteiger partial charge in [0, 0.05) is 19.5 Å². The van der Waals surface area contributed by atoms with Crippen molar-refractivity contribution in [1.29, 1.82) is 0 Å². The van der Waals surface area contributed by atoms with Crippen LogP contribution in [-0.4, -0.2) is 30.4 Å². The highest BCUT2D eigenvalue weighted by molar-refractivity contribution is 5.76. The molecule has 0 aromatic rings. The molecule has 0 radical (unpaired) electrons. The van der Waals surface area contributed by atoms with Crippen molar-refractivity contribution >= 4 is 5.91 Å². The molecule has 0 aromatic heterocycles. The summed E-state index contributed by atoms with van der Waals surface area (Å²) in [7, 11) is 0. The van der Waals surface area contributed by atoms with Crippen molar-refractivity contribution in [2.75, 3.05) is 19.6 Å². The third kappa shape index (κ3) is 4.81. The topological polar surface area (TPSA) is 46.3 Å². The van der Waals surface area contributed by atoms with Crippen LogP contribution in [0.4, 0.5) is 0 Å². The summed E-state index contributed by atoms with van der Waals surface area (Å²) in [5.74, 6) is 1.51. The molecule has 104 valence electrons. The Morgan fingerprint density at radius 2 is 2.17 bits per heavy atom.